The maximum Gasteiger partial charge on any atom is 0.250 e. The highest BCUT2D eigenvalue weighted by molar-refractivity contribution is 6.42. The molecule has 0 bridgehead atoms. The predicted octanol–water partition coefficient (Wildman–Crippen LogP) is 5.25. The monoisotopic (exact) mass is 445 g/mol. The van der Waals surface area contributed by atoms with E-state index in [1.54, 1.807) is 36.9 Å². The Balaban J connectivity index is 1.73. The Bertz CT molecular complexity index is 997. The van der Waals surface area contributed by atoms with Gasteiger partial charge in [0.15, 0.2) is 5.82 Å². The molecule has 3 rings (SSSR count). The summed E-state index contributed by atoms with van der Waals surface area (Å²) in [5.41, 5.74) is 1.60. The third-order valence-electron chi connectivity index (χ3n) is 4.02. The molecule has 0 saturated carbocycles. The molecule has 0 radical (unpaired) electrons. The lowest BCUT2D eigenvalue weighted by Crippen LogP contribution is -2.25. The van der Waals surface area contributed by atoms with Crippen molar-refractivity contribution in [2.24, 2.45) is 0 Å². The average Bonchev–Trinajstić information content (AvgIpc) is 3.13. The first-order valence-corrected chi connectivity index (χ1v) is 9.44. The van der Waals surface area contributed by atoms with Gasteiger partial charge in [0.25, 0.3) is 0 Å². The summed E-state index contributed by atoms with van der Waals surface area (Å²) >= 11 is 24.2. The number of carbonyl (C=O) groups excluding carboxylic acids is 1. The van der Waals surface area contributed by atoms with E-state index in [-0.39, 0.29) is 11.7 Å². The third kappa shape index (κ3) is 4.41. The smallest absolute Gasteiger partial charge is 0.250 e. The second-order valence-corrected chi connectivity index (χ2v) is 7.59. The SMILES string of the molecule is Cc1c(Cl)cnn1C(C)C(=O)Nc1nn(Cc2ccc(Cl)c(Cl)c2)cc1Cl. The van der Waals surface area contributed by atoms with Crippen molar-refractivity contribution < 1.29 is 4.79 Å². The molecule has 0 fully saturated rings. The van der Waals surface area contributed by atoms with Crippen molar-refractivity contribution in [1.29, 1.82) is 0 Å². The lowest BCUT2D eigenvalue weighted by atomic mass is 10.2. The van der Waals surface area contributed by atoms with E-state index in [2.05, 4.69) is 15.5 Å². The molecular weight excluding hydrogens is 432 g/mol. The summed E-state index contributed by atoms with van der Waals surface area (Å²) < 4.78 is 3.15. The summed E-state index contributed by atoms with van der Waals surface area (Å²) in [5.74, 6) is -0.0379. The van der Waals surface area contributed by atoms with Gasteiger partial charge in [-0.25, -0.2) is 0 Å². The first kappa shape index (κ1) is 20.0. The fourth-order valence-electron chi connectivity index (χ4n) is 2.51. The van der Waals surface area contributed by atoms with E-state index >= 15 is 0 Å². The van der Waals surface area contributed by atoms with Crippen molar-refractivity contribution in [1.82, 2.24) is 19.6 Å². The molecule has 3 aromatic rings. The number of rotatable bonds is 5. The minimum Gasteiger partial charge on any atom is -0.306 e. The zero-order valence-corrected chi connectivity index (χ0v) is 17.4. The Kier molecular flexibility index (Phi) is 6.01. The van der Waals surface area contributed by atoms with Crippen LogP contribution < -0.4 is 5.32 Å². The number of aromatic nitrogens is 4. The van der Waals surface area contributed by atoms with Crippen LogP contribution >= 0.6 is 46.4 Å². The summed E-state index contributed by atoms with van der Waals surface area (Å²) in [4.78, 5) is 12.5. The molecule has 1 unspecified atom stereocenters. The molecule has 0 aliphatic carbocycles. The quantitative estimate of drug-likeness (QED) is 0.581. The van der Waals surface area contributed by atoms with Gasteiger partial charge >= 0.3 is 0 Å². The van der Waals surface area contributed by atoms with Crippen molar-refractivity contribution in [3.63, 3.8) is 0 Å². The molecule has 1 aromatic carbocycles. The van der Waals surface area contributed by atoms with Gasteiger partial charge in [-0.05, 0) is 31.5 Å². The van der Waals surface area contributed by atoms with Crippen LogP contribution in [0.3, 0.4) is 0 Å². The molecule has 0 saturated heterocycles. The Labute approximate surface area is 176 Å². The van der Waals surface area contributed by atoms with E-state index in [9.17, 15) is 4.79 Å². The van der Waals surface area contributed by atoms with E-state index in [0.29, 0.717) is 32.3 Å². The van der Waals surface area contributed by atoms with Gasteiger partial charge in [0.2, 0.25) is 5.91 Å². The van der Waals surface area contributed by atoms with E-state index in [4.69, 9.17) is 46.4 Å². The number of carbonyl (C=O) groups is 1. The summed E-state index contributed by atoms with van der Waals surface area (Å²) in [6.07, 6.45) is 3.12. The molecule has 2 aromatic heterocycles. The highest BCUT2D eigenvalue weighted by Gasteiger charge is 2.21. The summed E-state index contributed by atoms with van der Waals surface area (Å²) in [5, 5.41) is 12.9. The fourth-order valence-corrected chi connectivity index (χ4v) is 3.16. The minimum atomic E-state index is -0.575. The van der Waals surface area contributed by atoms with Gasteiger partial charge in [0.1, 0.15) is 11.1 Å². The number of anilines is 1. The maximum atomic E-state index is 12.5. The molecule has 0 spiro atoms. The second-order valence-electron chi connectivity index (χ2n) is 5.96. The first-order chi connectivity index (χ1) is 12.8. The molecule has 10 heteroatoms. The van der Waals surface area contributed by atoms with E-state index in [1.165, 1.54) is 10.9 Å². The predicted molar refractivity (Wildman–Crippen MR) is 108 cm³/mol. The number of nitrogens with one attached hydrogen (secondary N) is 1. The van der Waals surface area contributed by atoms with Crippen LogP contribution in [0.25, 0.3) is 0 Å². The second kappa shape index (κ2) is 8.10. The van der Waals surface area contributed by atoms with Crippen molar-refractivity contribution in [2.75, 3.05) is 5.32 Å². The van der Waals surface area contributed by atoms with Crippen LogP contribution in [0.1, 0.15) is 24.2 Å². The van der Waals surface area contributed by atoms with E-state index < -0.39 is 6.04 Å². The van der Waals surface area contributed by atoms with E-state index in [1.807, 2.05) is 6.07 Å². The van der Waals surface area contributed by atoms with Crippen LogP contribution in [-0.2, 0) is 11.3 Å². The highest BCUT2D eigenvalue weighted by atomic mass is 35.5. The molecular formula is C17H15Cl4N5O. The number of halogens is 4. The number of hydrogen-bond acceptors (Lipinski definition) is 3. The molecule has 6 nitrogen and oxygen atoms in total. The molecule has 1 amide bonds. The fraction of sp³-hybridized carbons (Fsp3) is 0.235. The standard InChI is InChI=1S/C17H15Cl4N5O/c1-9-14(20)6-22-26(9)10(2)17(27)23-16-15(21)8-25(24-16)7-11-3-4-12(18)13(19)5-11/h3-6,8,10H,7H2,1-2H3,(H,23,24,27). The lowest BCUT2D eigenvalue weighted by Gasteiger charge is -2.13. The Hall–Kier alpha value is -1.73. The summed E-state index contributed by atoms with van der Waals surface area (Å²) in [6, 6.07) is 4.73. The zero-order chi connectivity index (χ0) is 19.7. The van der Waals surface area contributed by atoms with Gasteiger partial charge in [-0.1, -0.05) is 52.5 Å². The normalized spacial score (nSPS) is 12.2. The molecule has 27 heavy (non-hydrogen) atoms. The van der Waals surface area contributed by atoms with Crippen molar-refractivity contribution in [2.45, 2.75) is 26.4 Å². The van der Waals surface area contributed by atoms with Gasteiger partial charge in [0.05, 0.1) is 33.5 Å². The van der Waals surface area contributed by atoms with Crippen molar-refractivity contribution in [3.05, 3.63) is 61.9 Å². The van der Waals surface area contributed by atoms with Crippen LogP contribution in [0.2, 0.25) is 20.1 Å². The maximum absolute atomic E-state index is 12.5. The highest BCUT2D eigenvalue weighted by Crippen LogP contribution is 2.25. The van der Waals surface area contributed by atoms with Crippen LogP contribution in [0.4, 0.5) is 5.82 Å². The molecule has 2 heterocycles. The molecule has 1 N–H and O–H groups in total. The van der Waals surface area contributed by atoms with Gasteiger partial charge in [-0.3, -0.25) is 14.2 Å². The van der Waals surface area contributed by atoms with Crippen LogP contribution in [0.5, 0.6) is 0 Å². The molecule has 0 aliphatic rings. The number of hydrogen-bond donors (Lipinski definition) is 1. The first-order valence-electron chi connectivity index (χ1n) is 7.93. The number of amides is 1. The van der Waals surface area contributed by atoms with Crippen LogP contribution in [-0.4, -0.2) is 25.5 Å². The largest absolute Gasteiger partial charge is 0.306 e. The minimum absolute atomic E-state index is 0.268. The number of benzene rings is 1. The molecule has 0 aliphatic heterocycles. The van der Waals surface area contributed by atoms with Gasteiger partial charge in [-0.15, -0.1) is 0 Å². The Morgan fingerprint density at radius 3 is 2.52 bits per heavy atom. The summed E-state index contributed by atoms with van der Waals surface area (Å²) in [6.45, 7) is 3.93. The van der Waals surface area contributed by atoms with Crippen LogP contribution in [0.15, 0.2) is 30.6 Å². The average molecular weight is 447 g/mol. The van der Waals surface area contributed by atoms with Gasteiger partial charge < -0.3 is 5.32 Å². The van der Waals surface area contributed by atoms with Crippen molar-refractivity contribution in [3.8, 4) is 0 Å². The summed E-state index contributed by atoms with van der Waals surface area (Å²) in [7, 11) is 0. The third-order valence-corrected chi connectivity index (χ3v) is 5.40. The van der Waals surface area contributed by atoms with Crippen molar-refractivity contribution >= 4 is 58.1 Å². The zero-order valence-electron chi connectivity index (χ0n) is 14.4. The van der Waals surface area contributed by atoms with Gasteiger partial charge in [-0.2, -0.15) is 10.2 Å². The van der Waals surface area contributed by atoms with E-state index in [0.717, 1.165) is 5.56 Å². The number of nitrogens with zero attached hydrogens (tertiary/aromatic N) is 4. The molecule has 1 atom stereocenters. The Morgan fingerprint density at radius 2 is 1.89 bits per heavy atom. The molecule has 142 valence electrons. The topological polar surface area (TPSA) is 64.7 Å². The van der Waals surface area contributed by atoms with Crippen LogP contribution in [0, 0.1) is 6.92 Å². The lowest BCUT2D eigenvalue weighted by molar-refractivity contribution is -0.119. The van der Waals surface area contributed by atoms with Gasteiger partial charge in [0, 0.05) is 6.20 Å². The Morgan fingerprint density at radius 1 is 1.15 bits per heavy atom.